The molecule has 2 fully saturated rings. The fourth-order valence-electron chi connectivity index (χ4n) is 3.30. The van der Waals surface area contributed by atoms with Gasteiger partial charge in [0.15, 0.2) is 5.13 Å². The monoisotopic (exact) mass is 336 g/mol. The molecule has 0 bridgehead atoms. The van der Waals surface area contributed by atoms with Crippen LogP contribution in [0.3, 0.4) is 0 Å². The van der Waals surface area contributed by atoms with E-state index in [1.807, 2.05) is 21.4 Å². The summed E-state index contributed by atoms with van der Waals surface area (Å²) in [5, 5.41) is 3.00. The Morgan fingerprint density at radius 3 is 2.70 bits per heavy atom. The van der Waals surface area contributed by atoms with Crippen LogP contribution in [0, 0.1) is 11.8 Å². The number of aromatic nitrogens is 1. The first-order valence-corrected chi connectivity index (χ1v) is 9.13. The molecule has 2 saturated heterocycles. The molecule has 126 valence electrons. The molecule has 1 aromatic rings. The number of amides is 2. The molecule has 0 unspecified atom stereocenters. The van der Waals surface area contributed by atoms with Gasteiger partial charge in [0.2, 0.25) is 11.8 Å². The van der Waals surface area contributed by atoms with Gasteiger partial charge in [0.05, 0.1) is 5.92 Å². The maximum Gasteiger partial charge on any atom is 0.228 e. The van der Waals surface area contributed by atoms with Crippen molar-refractivity contribution < 1.29 is 9.59 Å². The minimum atomic E-state index is -0.160. The first-order chi connectivity index (χ1) is 11.0. The summed E-state index contributed by atoms with van der Waals surface area (Å²) in [6.45, 7) is 8.59. The fourth-order valence-corrected chi connectivity index (χ4v) is 4.00. The molecule has 0 saturated carbocycles. The van der Waals surface area contributed by atoms with Gasteiger partial charge >= 0.3 is 0 Å². The standard InChI is InChI=1S/C16H24N4O2S/c1-12(2)10-20-11-13(9-14(20)21)15(22)18-4-6-19(7-5-18)16-17-3-8-23-16/h3,8,12-13H,4-7,9-11H2,1-2H3/t13-/m1/s1. The molecule has 1 atom stereocenters. The quantitative estimate of drug-likeness (QED) is 0.831. The molecule has 0 aromatic carbocycles. The van der Waals surface area contributed by atoms with Crippen LogP contribution in [0.25, 0.3) is 0 Å². The third-order valence-electron chi connectivity index (χ3n) is 4.43. The molecule has 2 aliphatic heterocycles. The Bertz CT molecular complexity index is 552. The number of carbonyl (C=O) groups excluding carboxylic acids is 2. The topological polar surface area (TPSA) is 56.8 Å². The second-order valence-corrected chi connectivity index (χ2v) is 7.59. The third-order valence-corrected chi connectivity index (χ3v) is 5.26. The minimum absolute atomic E-state index is 0.124. The highest BCUT2D eigenvalue weighted by Crippen LogP contribution is 2.23. The highest BCUT2D eigenvalue weighted by atomic mass is 32.1. The molecule has 0 spiro atoms. The molecule has 0 aliphatic carbocycles. The van der Waals surface area contributed by atoms with Crippen molar-refractivity contribution in [2.45, 2.75) is 20.3 Å². The van der Waals surface area contributed by atoms with E-state index >= 15 is 0 Å². The van der Waals surface area contributed by atoms with Gasteiger partial charge in [-0.15, -0.1) is 11.3 Å². The van der Waals surface area contributed by atoms with Crippen LogP contribution < -0.4 is 4.90 Å². The van der Waals surface area contributed by atoms with E-state index in [4.69, 9.17) is 0 Å². The lowest BCUT2D eigenvalue weighted by Crippen LogP contribution is -2.50. The van der Waals surface area contributed by atoms with Crippen molar-refractivity contribution in [1.29, 1.82) is 0 Å². The number of hydrogen-bond acceptors (Lipinski definition) is 5. The summed E-state index contributed by atoms with van der Waals surface area (Å²) >= 11 is 1.63. The van der Waals surface area contributed by atoms with Crippen LogP contribution in [0.5, 0.6) is 0 Å². The average Bonchev–Trinajstić information content (AvgIpc) is 3.17. The van der Waals surface area contributed by atoms with E-state index in [9.17, 15) is 9.59 Å². The predicted molar refractivity (Wildman–Crippen MR) is 90.4 cm³/mol. The second-order valence-electron chi connectivity index (χ2n) is 6.72. The van der Waals surface area contributed by atoms with Crippen LogP contribution in [0.4, 0.5) is 5.13 Å². The Hall–Kier alpha value is -1.63. The predicted octanol–water partition coefficient (Wildman–Crippen LogP) is 1.30. The van der Waals surface area contributed by atoms with Crippen molar-refractivity contribution in [1.82, 2.24) is 14.8 Å². The SMILES string of the molecule is CC(C)CN1C[C@H](C(=O)N2CCN(c3nccs3)CC2)CC1=O. The van der Waals surface area contributed by atoms with Crippen molar-refractivity contribution in [2.75, 3.05) is 44.2 Å². The zero-order valence-electron chi connectivity index (χ0n) is 13.8. The fraction of sp³-hybridized carbons (Fsp3) is 0.688. The maximum atomic E-state index is 12.7. The number of hydrogen-bond donors (Lipinski definition) is 0. The van der Waals surface area contributed by atoms with Crippen LogP contribution in [-0.2, 0) is 9.59 Å². The van der Waals surface area contributed by atoms with Crippen molar-refractivity contribution >= 4 is 28.3 Å². The smallest absolute Gasteiger partial charge is 0.228 e. The zero-order chi connectivity index (χ0) is 16.4. The molecule has 2 aliphatic rings. The number of nitrogens with zero attached hydrogens (tertiary/aromatic N) is 4. The van der Waals surface area contributed by atoms with Gasteiger partial charge in [0.1, 0.15) is 0 Å². The number of piperazine rings is 1. The number of thiazole rings is 1. The second kappa shape index (κ2) is 6.86. The molecule has 3 rings (SSSR count). The van der Waals surface area contributed by atoms with Gasteiger partial charge in [0.25, 0.3) is 0 Å². The lowest BCUT2D eigenvalue weighted by Gasteiger charge is -2.35. The first kappa shape index (κ1) is 16.2. The zero-order valence-corrected chi connectivity index (χ0v) is 14.6. The van der Waals surface area contributed by atoms with Crippen molar-refractivity contribution in [3.05, 3.63) is 11.6 Å². The van der Waals surface area contributed by atoms with E-state index in [0.717, 1.165) is 24.8 Å². The Kier molecular flexibility index (Phi) is 4.84. The highest BCUT2D eigenvalue weighted by Gasteiger charge is 2.37. The minimum Gasteiger partial charge on any atom is -0.345 e. The summed E-state index contributed by atoms with van der Waals surface area (Å²) in [4.78, 5) is 35.1. The molecule has 3 heterocycles. The van der Waals surface area contributed by atoms with Crippen LogP contribution in [-0.4, -0.2) is 65.9 Å². The molecule has 0 N–H and O–H groups in total. The normalized spacial score (nSPS) is 22.3. The van der Waals surface area contributed by atoms with Crippen molar-refractivity contribution in [2.24, 2.45) is 11.8 Å². The Morgan fingerprint density at radius 2 is 2.09 bits per heavy atom. The van der Waals surface area contributed by atoms with Gasteiger partial charge in [-0.3, -0.25) is 9.59 Å². The number of likely N-dealkylation sites (tertiary alicyclic amines) is 1. The Labute approximate surface area is 141 Å². The van der Waals surface area contributed by atoms with Crippen molar-refractivity contribution in [3.8, 4) is 0 Å². The van der Waals surface area contributed by atoms with E-state index in [1.54, 1.807) is 11.3 Å². The van der Waals surface area contributed by atoms with Gasteiger partial charge < -0.3 is 14.7 Å². The van der Waals surface area contributed by atoms with Gasteiger partial charge in [-0.05, 0) is 5.92 Å². The van der Waals surface area contributed by atoms with E-state index in [0.29, 0.717) is 32.0 Å². The molecule has 0 radical (unpaired) electrons. The van der Waals surface area contributed by atoms with Gasteiger partial charge in [-0.2, -0.15) is 0 Å². The first-order valence-electron chi connectivity index (χ1n) is 8.25. The summed E-state index contributed by atoms with van der Waals surface area (Å²) in [6, 6.07) is 0. The van der Waals surface area contributed by atoms with E-state index < -0.39 is 0 Å². The van der Waals surface area contributed by atoms with Gasteiger partial charge in [0, 0.05) is 57.3 Å². The largest absolute Gasteiger partial charge is 0.345 e. The molecule has 23 heavy (non-hydrogen) atoms. The van der Waals surface area contributed by atoms with E-state index in [2.05, 4.69) is 23.7 Å². The Morgan fingerprint density at radius 1 is 1.35 bits per heavy atom. The summed E-state index contributed by atoms with van der Waals surface area (Å²) in [7, 11) is 0. The number of anilines is 1. The summed E-state index contributed by atoms with van der Waals surface area (Å²) in [6.07, 6.45) is 2.18. The third kappa shape index (κ3) is 3.65. The molecule has 1 aromatic heterocycles. The van der Waals surface area contributed by atoms with Gasteiger partial charge in [-0.25, -0.2) is 4.98 Å². The average molecular weight is 336 g/mol. The van der Waals surface area contributed by atoms with Gasteiger partial charge in [-0.1, -0.05) is 13.8 Å². The summed E-state index contributed by atoms with van der Waals surface area (Å²) < 4.78 is 0. The molecular formula is C16H24N4O2S. The summed E-state index contributed by atoms with van der Waals surface area (Å²) in [5.74, 6) is 0.546. The Balaban J connectivity index is 1.53. The van der Waals surface area contributed by atoms with Crippen molar-refractivity contribution in [3.63, 3.8) is 0 Å². The lowest BCUT2D eigenvalue weighted by atomic mass is 10.1. The molecule has 7 heteroatoms. The van der Waals surface area contributed by atoms with Crippen LogP contribution in [0.15, 0.2) is 11.6 Å². The number of rotatable bonds is 4. The van der Waals surface area contributed by atoms with E-state index in [1.165, 1.54) is 0 Å². The van der Waals surface area contributed by atoms with Crippen LogP contribution >= 0.6 is 11.3 Å². The molecule has 2 amide bonds. The number of carbonyl (C=O) groups is 2. The van der Waals surface area contributed by atoms with E-state index in [-0.39, 0.29) is 17.7 Å². The maximum absolute atomic E-state index is 12.7. The molecule has 6 nitrogen and oxygen atoms in total. The summed E-state index contributed by atoms with van der Waals surface area (Å²) in [5.41, 5.74) is 0. The van der Waals surface area contributed by atoms with Crippen LogP contribution in [0.1, 0.15) is 20.3 Å². The highest BCUT2D eigenvalue weighted by molar-refractivity contribution is 7.13. The van der Waals surface area contributed by atoms with Crippen LogP contribution in [0.2, 0.25) is 0 Å². The lowest BCUT2D eigenvalue weighted by molar-refractivity contribution is -0.136. The molecular weight excluding hydrogens is 312 g/mol.